The number of nitrogens with one attached hydrogen (secondary N) is 1. The summed E-state index contributed by atoms with van der Waals surface area (Å²) in [6.07, 6.45) is 4.14. The van der Waals surface area contributed by atoms with Crippen molar-refractivity contribution in [3.63, 3.8) is 0 Å². The van der Waals surface area contributed by atoms with E-state index < -0.39 is 0 Å². The first-order chi connectivity index (χ1) is 13.4. The molecule has 7 nitrogen and oxygen atoms in total. The van der Waals surface area contributed by atoms with Crippen LogP contribution >= 0.6 is 0 Å². The normalized spacial score (nSPS) is 19.7. The number of aryl methyl sites for hydroxylation is 2. The fraction of sp³-hybridized carbons (Fsp3) is 0.571. The molecule has 150 valence electrons. The third kappa shape index (κ3) is 3.70. The van der Waals surface area contributed by atoms with Gasteiger partial charge in [0.2, 0.25) is 5.91 Å². The number of aromatic nitrogens is 2. The second-order valence-corrected chi connectivity index (χ2v) is 8.19. The predicted octanol–water partition coefficient (Wildman–Crippen LogP) is 2.77. The van der Waals surface area contributed by atoms with E-state index in [0.717, 1.165) is 36.5 Å². The number of hydrogen-bond donors (Lipinski definition) is 1. The van der Waals surface area contributed by atoms with Crippen LogP contribution in [0.4, 0.5) is 0 Å². The summed E-state index contributed by atoms with van der Waals surface area (Å²) in [5.41, 5.74) is 2.44. The minimum Gasteiger partial charge on any atom is -0.360 e. The Balaban J connectivity index is 1.48. The Labute approximate surface area is 165 Å². The van der Waals surface area contributed by atoms with Crippen LogP contribution < -0.4 is 5.32 Å². The monoisotopic (exact) mass is 384 g/mol. The summed E-state index contributed by atoms with van der Waals surface area (Å²) in [6.45, 7) is 7.69. The average molecular weight is 384 g/mol. The highest BCUT2D eigenvalue weighted by Gasteiger charge is 2.31. The van der Waals surface area contributed by atoms with Crippen LogP contribution in [-0.4, -0.2) is 46.1 Å². The molecule has 0 bridgehead atoms. The maximum absolute atomic E-state index is 13.2. The molecule has 4 rings (SSSR count). The topological polar surface area (TPSA) is 80.4 Å². The number of amides is 2. The Morgan fingerprint density at radius 1 is 1.21 bits per heavy atom. The highest BCUT2D eigenvalue weighted by molar-refractivity contribution is 5.96. The van der Waals surface area contributed by atoms with Crippen LogP contribution in [0, 0.1) is 32.6 Å². The summed E-state index contributed by atoms with van der Waals surface area (Å²) in [4.78, 5) is 27.5. The summed E-state index contributed by atoms with van der Waals surface area (Å²) in [7, 11) is 0. The molecule has 3 heterocycles. The molecule has 1 atom stereocenters. The third-order valence-electron chi connectivity index (χ3n) is 5.85. The van der Waals surface area contributed by atoms with Crippen molar-refractivity contribution in [3.05, 3.63) is 34.8 Å². The minimum atomic E-state index is -0.113. The molecule has 0 spiro atoms. The molecule has 1 aliphatic carbocycles. The van der Waals surface area contributed by atoms with Crippen molar-refractivity contribution in [1.82, 2.24) is 19.9 Å². The molecule has 1 N–H and O–H groups in total. The van der Waals surface area contributed by atoms with E-state index in [0.29, 0.717) is 30.4 Å². The first-order valence-corrected chi connectivity index (χ1v) is 10.1. The van der Waals surface area contributed by atoms with Gasteiger partial charge in [0.05, 0.1) is 11.5 Å². The fourth-order valence-electron chi connectivity index (χ4n) is 4.05. The molecule has 0 aromatic carbocycles. The van der Waals surface area contributed by atoms with Gasteiger partial charge in [0, 0.05) is 37.1 Å². The molecule has 2 fully saturated rings. The SMILES string of the molecule is Cc1cc(-n2c(C)cc(C(=O)N3CCCC(C(=O)NCC4CC4)C3)c2C)no1. The van der Waals surface area contributed by atoms with E-state index in [4.69, 9.17) is 4.52 Å². The first kappa shape index (κ1) is 18.8. The van der Waals surface area contributed by atoms with E-state index in [1.165, 1.54) is 12.8 Å². The largest absolute Gasteiger partial charge is 0.360 e. The van der Waals surface area contributed by atoms with Crippen LogP contribution in [0.15, 0.2) is 16.7 Å². The molecule has 2 aromatic heterocycles. The summed E-state index contributed by atoms with van der Waals surface area (Å²) in [5, 5.41) is 7.14. The van der Waals surface area contributed by atoms with E-state index >= 15 is 0 Å². The number of carbonyl (C=O) groups is 2. The number of carbonyl (C=O) groups excluding carboxylic acids is 2. The summed E-state index contributed by atoms with van der Waals surface area (Å²) < 4.78 is 7.13. The van der Waals surface area contributed by atoms with Gasteiger partial charge in [-0.05, 0) is 58.4 Å². The van der Waals surface area contributed by atoms with Crippen molar-refractivity contribution in [1.29, 1.82) is 0 Å². The standard InChI is InChI=1S/C21H28N4O3/c1-13-9-18(15(3)25(13)19-10-14(2)28-23-19)21(27)24-8-4-5-17(12-24)20(26)22-11-16-6-7-16/h9-10,16-17H,4-8,11-12H2,1-3H3,(H,22,26). The molecule has 2 aliphatic rings. The summed E-state index contributed by atoms with van der Waals surface area (Å²) in [5.74, 6) is 2.04. The first-order valence-electron chi connectivity index (χ1n) is 10.1. The fourth-order valence-corrected chi connectivity index (χ4v) is 4.05. The zero-order valence-corrected chi connectivity index (χ0v) is 16.8. The van der Waals surface area contributed by atoms with Crippen molar-refractivity contribution in [2.24, 2.45) is 11.8 Å². The zero-order chi connectivity index (χ0) is 19.8. The number of hydrogen-bond acceptors (Lipinski definition) is 4. The van der Waals surface area contributed by atoms with Crippen molar-refractivity contribution in [2.75, 3.05) is 19.6 Å². The second kappa shape index (κ2) is 7.45. The zero-order valence-electron chi connectivity index (χ0n) is 16.8. The van der Waals surface area contributed by atoms with Gasteiger partial charge in [-0.1, -0.05) is 5.16 Å². The van der Waals surface area contributed by atoms with Gasteiger partial charge in [-0.25, -0.2) is 0 Å². The van der Waals surface area contributed by atoms with E-state index in [1.807, 2.05) is 42.4 Å². The molecule has 1 saturated carbocycles. The van der Waals surface area contributed by atoms with Crippen molar-refractivity contribution < 1.29 is 14.1 Å². The van der Waals surface area contributed by atoms with E-state index in [1.54, 1.807) is 0 Å². The van der Waals surface area contributed by atoms with Crippen molar-refractivity contribution in [2.45, 2.75) is 46.5 Å². The molecular weight excluding hydrogens is 356 g/mol. The van der Waals surface area contributed by atoms with Gasteiger partial charge < -0.3 is 14.7 Å². The Kier molecular flexibility index (Phi) is 5.00. The lowest BCUT2D eigenvalue weighted by atomic mass is 9.96. The van der Waals surface area contributed by atoms with Crippen LogP contribution in [0.5, 0.6) is 0 Å². The quantitative estimate of drug-likeness (QED) is 0.860. The molecule has 28 heavy (non-hydrogen) atoms. The van der Waals surface area contributed by atoms with Crippen molar-refractivity contribution in [3.8, 4) is 5.82 Å². The highest BCUT2D eigenvalue weighted by atomic mass is 16.5. The average Bonchev–Trinajstić information content (AvgIpc) is 3.36. The van der Waals surface area contributed by atoms with Gasteiger partial charge in [0.25, 0.3) is 5.91 Å². The Morgan fingerprint density at radius 3 is 2.68 bits per heavy atom. The van der Waals surface area contributed by atoms with Crippen LogP contribution in [0.25, 0.3) is 5.82 Å². The molecule has 2 amide bonds. The Hall–Kier alpha value is -2.57. The van der Waals surface area contributed by atoms with Gasteiger partial charge in [0.1, 0.15) is 5.76 Å². The van der Waals surface area contributed by atoms with Gasteiger partial charge >= 0.3 is 0 Å². The lowest BCUT2D eigenvalue weighted by Gasteiger charge is -2.32. The lowest BCUT2D eigenvalue weighted by Crippen LogP contribution is -2.45. The maximum Gasteiger partial charge on any atom is 0.255 e. The van der Waals surface area contributed by atoms with E-state index in [9.17, 15) is 9.59 Å². The second-order valence-electron chi connectivity index (χ2n) is 8.19. The van der Waals surface area contributed by atoms with Crippen LogP contribution in [0.3, 0.4) is 0 Å². The van der Waals surface area contributed by atoms with Crippen molar-refractivity contribution >= 4 is 11.8 Å². The summed E-state index contributed by atoms with van der Waals surface area (Å²) >= 11 is 0. The Morgan fingerprint density at radius 2 is 2.00 bits per heavy atom. The molecule has 7 heteroatoms. The van der Waals surface area contributed by atoms with Crippen LogP contribution in [0.2, 0.25) is 0 Å². The summed E-state index contributed by atoms with van der Waals surface area (Å²) in [6, 6.07) is 3.76. The molecule has 2 aromatic rings. The maximum atomic E-state index is 13.2. The van der Waals surface area contributed by atoms with E-state index in [-0.39, 0.29) is 17.7 Å². The van der Waals surface area contributed by atoms with Gasteiger partial charge in [-0.15, -0.1) is 0 Å². The van der Waals surface area contributed by atoms with Gasteiger partial charge in [0.15, 0.2) is 5.82 Å². The number of rotatable bonds is 5. The minimum absolute atomic E-state index is 0.0146. The number of nitrogens with zero attached hydrogens (tertiary/aromatic N) is 3. The van der Waals surface area contributed by atoms with Gasteiger partial charge in [-0.2, -0.15) is 0 Å². The number of piperidine rings is 1. The van der Waals surface area contributed by atoms with Gasteiger partial charge in [-0.3, -0.25) is 14.2 Å². The van der Waals surface area contributed by atoms with Crippen LogP contribution in [0.1, 0.15) is 53.2 Å². The van der Waals surface area contributed by atoms with Crippen LogP contribution in [-0.2, 0) is 4.79 Å². The number of likely N-dealkylation sites (tertiary alicyclic amines) is 1. The smallest absolute Gasteiger partial charge is 0.255 e. The predicted molar refractivity (Wildman–Crippen MR) is 104 cm³/mol. The highest BCUT2D eigenvalue weighted by Crippen LogP contribution is 2.28. The molecular formula is C21H28N4O3. The van der Waals surface area contributed by atoms with E-state index in [2.05, 4.69) is 10.5 Å². The third-order valence-corrected chi connectivity index (χ3v) is 5.85. The Bertz CT molecular complexity index is 894. The molecule has 1 aliphatic heterocycles. The molecule has 1 unspecified atom stereocenters. The molecule has 1 saturated heterocycles. The lowest BCUT2D eigenvalue weighted by molar-refractivity contribution is -0.126. The molecule has 0 radical (unpaired) electrons.